The molecule has 4 heteroatoms. The summed E-state index contributed by atoms with van der Waals surface area (Å²) in [6.45, 7) is 2.04. The number of nitrogens with one attached hydrogen (secondary N) is 1. The molecule has 0 aliphatic heterocycles. The molecule has 0 fully saturated rings. The van der Waals surface area contributed by atoms with E-state index < -0.39 is 0 Å². The van der Waals surface area contributed by atoms with E-state index in [0.717, 1.165) is 8.95 Å². The van der Waals surface area contributed by atoms with Gasteiger partial charge in [0.2, 0.25) is 0 Å². The molecule has 0 aliphatic carbocycles. The monoisotopic (exact) mass is 307 g/mol. The number of hydrogen-bond donors (Lipinski definition) is 1. The second-order valence-electron chi connectivity index (χ2n) is 2.71. The van der Waals surface area contributed by atoms with E-state index in [1.807, 2.05) is 25.1 Å². The molecular weight excluding hydrogens is 298 g/mol. The van der Waals surface area contributed by atoms with Crippen molar-refractivity contribution in [3.05, 3.63) is 32.7 Å². The van der Waals surface area contributed by atoms with Crippen LogP contribution in [0, 0.1) is 0 Å². The van der Waals surface area contributed by atoms with Crippen LogP contribution in [0.2, 0.25) is 0 Å². The van der Waals surface area contributed by atoms with Crippen LogP contribution in [-0.4, -0.2) is 7.11 Å². The summed E-state index contributed by atoms with van der Waals surface area (Å²) < 4.78 is 2.13. The van der Waals surface area contributed by atoms with Gasteiger partial charge in [0.1, 0.15) is 0 Å². The molecule has 13 heavy (non-hydrogen) atoms. The van der Waals surface area contributed by atoms with E-state index in [2.05, 4.69) is 37.3 Å². The van der Waals surface area contributed by atoms with Crippen LogP contribution in [0.25, 0.3) is 0 Å². The SMILES string of the molecule is CONC(C)c1ccc(Br)cc1Br. The van der Waals surface area contributed by atoms with Crippen molar-refractivity contribution < 1.29 is 4.84 Å². The molecule has 0 saturated heterocycles. The van der Waals surface area contributed by atoms with Crippen LogP contribution in [0.15, 0.2) is 27.1 Å². The number of halogens is 2. The molecule has 0 bridgehead atoms. The van der Waals surface area contributed by atoms with E-state index in [1.54, 1.807) is 7.11 Å². The average molecular weight is 309 g/mol. The minimum Gasteiger partial charge on any atom is -0.305 e. The van der Waals surface area contributed by atoms with Crippen molar-refractivity contribution in [2.75, 3.05) is 7.11 Å². The van der Waals surface area contributed by atoms with Crippen molar-refractivity contribution in [3.8, 4) is 0 Å². The van der Waals surface area contributed by atoms with E-state index in [0.29, 0.717) is 0 Å². The fourth-order valence-corrected chi connectivity index (χ4v) is 2.48. The quantitative estimate of drug-likeness (QED) is 0.864. The van der Waals surface area contributed by atoms with Gasteiger partial charge in [-0.05, 0) is 24.6 Å². The second-order valence-corrected chi connectivity index (χ2v) is 4.48. The Bertz CT molecular complexity index is 291. The molecule has 1 N–H and O–H groups in total. The summed E-state index contributed by atoms with van der Waals surface area (Å²) in [5, 5.41) is 0. The van der Waals surface area contributed by atoms with Crippen molar-refractivity contribution >= 4 is 31.9 Å². The highest BCUT2D eigenvalue weighted by Crippen LogP contribution is 2.26. The van der Waals surface area contributed by atoms with Gasteiger partial charge in [-0.15, -0.1) is 0 Å². The Morgan fingerprint density at radius 3 is 2.62 bits per heavy atom. The smallest absolute Gasteiger partial charge is 0.0572 e. The molecule has 1 aromatic rings. The van der Waals surface area contributed by atoms with Gasteiger partial charge >= 0.3 is 0 Å². The molecule has 1 aromatic carbocycles. The van der Waals surface area contributed by atoms with Crippen LogP contribution in [0.1, 0.15) is 18.5 Å². The van der Waals surface area contributed by atoms with Crippen LogP contribution in [0.5, 0.6) is 0 Å². The molecule has 0 amide bonds. The Kier molecular flexibility index (Phi) is 4.38. The number of rotatable bonds is 3. The fraction of sp³-hybridized carbons (Fsp3) is 0.333. The standard InChI is InChI=1S/C9H11Br2NO/c1-6(12-13-2)8-4-3-7(10)5-9(8)11/h3-6,12H,1-2H3. The molecule has 1 rings (SSSR count). The lowest BCUT2D eigenvalue weighted by Gasteiger charge is -2.13. The first-order chi connectivity index (χ1) is 6.15. The number of hydroxylamine groups is 1. The van der Waals surface area contributed by atoms with Gasteiger partial charge in [-0.3, -0.25) is 0 Å². The molecule has 1 atom stereocenters. The Hall–Kier alpha value is 0.1000. The molecule has 0 saturated carbocycles. The molecule has 0 heterocycles. The van der Waals surface area contributed by atoms with Gasteiger partial charge in [0.15, 0.2) is 0 Å². The summed E-state index contributed by atoms with van der Waals surface area (Å²) in [5.74, 6) is 0. The normalized spacial score (nSPS) is 12.9. The van der Waals surface area contributed by atoms with Crippen molar-refractivity contribution in [3.63, 3.8) is 0 Å². The summed E-state index contributed by atoms with van der Waals surface area (Å²) >= 11 is 6.89. The maximum Gasteiger partial charge on any atom is 0.0572 e. The zero-order valence-corrected chi connectivity index (χ0v) is 10.6. The van der Waals surface area contributed by atoms with Crippen LogP contribution < -0.4 is 5.48 Å². The summed E-state index contributed by atoms with van der Waals surface area (Å²) in [6, 6.07) is 6.24. The Balaban J connectivity index is 2.88. The Morgan fingerprint density at radius 2 is 2.08 bits per heavy atom. The molecule has 0 aromatic heterocycles. The highest BCUT2D eigenvalue weighted by molar-refractivity contribution is 9.11. The van der Waals surface area contributed by atoms with Crippen LogP contribution >= 0.6 is 31.9 Å². The molecule has 0 aliphatic rings. The van der Waals surface area contributed by atoms with Gasteiger partial charge < -0.3 is 4.84 Å². The molecule has 0 spiro atoms. The zero-order chi connectivity index (χ0) is 9.84. The maximum absolute atomic E-state index is 4.86. The molecular formula is C9H11Br2NO. The summed E-state index contributed by atoms with van der Waals surface area (Å²) in [5.41, 5.74) is 4.05. The maximum atomic E-state index is 4.86. The van der Waals surface area contributed by atoms with E-state index in [9.17, 15) is 0 Å². The van der Waals surface area contributed by atoms with E-state index in [4.69, 9.17) is 4.84 Å². The van der Waals surface area contributed by atoms with Gasteiger partial charge in [0, 0.05) is 8.95 Å². The lowest BCUT2D eigenvalue weighted by atomic mass is 10.1. The summed E-state index contributed by atoms with van der Waals surface area (Å²) in [4.78, 5) is 4.86. The predicted molar refractivity (Wildman–Crippen MR) is 60.4 cm³/mol. The van der Waals surface area contributed by atoms with Gasteiger partial charge in [-0.2, -0.15) is 5.48 Å². The van der Waals surface area contributed by atoms with Crippen LogP contribution in [0.4, 0.5) is 0 Å². The summed E-state index contributed by atoms with van der Waals surface area (Å²) in [6.07, 6.45) is 0. The molecule has 72 valence electrons. The van der Waals surface area contributed by atoms with E-state index >= 15 is 0 Å². The van der Waals surface area contributed by atoms with Gasteiger partial charge in [-0.1, -0.05) is 37.9 Å². The van der Waals surface area contributed by atoms with Gasteiger partial charge in [-0.25, -0.2) is 0 Å². The van der Waals surface area contributed by atoms with Crippen molar-refractivity contribution in [1.29, 1.82) is 0 Å². The van der Waals surface area contributed by atoms with Crippen molar-refractivity contribution in [2.24, 2.45) is 0 Å². The van der Waals surface area contributed by atoms with Gasteiger partial charge in [0.05, 0.1) is 13.2 Å². The lowest BCUT2D eigenvalue weighted by Crippen LogP contribution is -2.17. The zero-order valence-electron chi connectivity index (χ0n) is 7.47. The first kappa shape index (κ1) is 11.2. The Morgan fingerprint density at radius 1 is 1.38 bits per heavy atom. The van der Waals surface area contributed by atoms with Crippen LogP contribution in [0.3, 0.4) is 0 Å². The largest absolute Gasteiger partial charge is 0.305 e. The average Bonchev–Trinajstić information content (AvgIpc) is 2.04. The number of hydrogen-bond acceptors (Lipinski definition) is 2. The van der Waals surface area contributed by atoms with E-state index in [1.165, 1.54) is 5.56 Å². The van der Waals surface area contributed by atoms with Crippen LogP contribution in [-0.2, 0) is 4.84 Å². The van der Waals surface area contributed by atoms with Crippen molar-refractivity contribution in [1.82, 2.24) is 5.48 Å². The molecule has 1 unspecified atom stereocenters. The third kappa shape index (κ3) is 3.06. The van der Waals surface area contributed by atoms with E-state index in [-0.39, 0.29) is 6.04 Å². The molecule has 2 nitrogen and oxygen atoms in total. The number of benzene rings is 1. The first-order valence-corrected chi connectivity index (χ1v) is 5.47. The first-order valence-electron chi connectivity index (χ1n) is 3.88. The van der Waals surface area contributed by atoms with Crippen molar-refractivity contribution in [2.45, 2.75) is 13.0 Å². The highest BCUT2D eigenvalue weighted by atomic mass is 79.9. The minimum absolute atomic E-state index is 0.174. The predicted octanol–water partition coefficient (Wildman–Crippen LogP) is 3.42. The summed E-state index contributed by atoms with van der Waals surface area (Å²) in [7, 11) is 1.61. The highest BCUT2D eigenvalue weighted by Gasteiger charge is 2.08. The topological polar surface area (TPSA) is 21.3 Å². The second kappa shape index (κ2) is 5.10. The Labute approximate surface area is 94.9 Å². The third-order valence-corrected chi connectivity index (χ3v) is 2.90. The van der Waals surface area contributed by atoms with Gasteiger partial charge in [0.25, 0.3) is 0 Å². The fourth-order valence-electron chi connectivity index (χ4n) is 1.09. The third-order valence-electron chi connectivity index (χ3n) is 1.72. The lowest BCUT2D eigenvalue weighted by molar-refractivity contribution is 0.0657. The molecule has 0 radical (unpaired) electrons. The minimum atomic E-state index is 0.174.